The highest BCUT2D eigenvalue weighted by Crippen LogP contribution is 2.11. The fourth-order valence-electron chi connectivity index (χ4n) is 4.29. The number of aliphatic imine (C=N–C) groups is 2. The van der Waals surface area contributed by atoms with Crippen molar-refractivity contribution < 1.29 is 24.3 Å². The molecule has 15 nitrogen and oxygen atoms in total. The van der Waals surface area contributed by atoms with Gasteiger partial charge in [-0.15, -0.1) is 0 Å². The van der Waals surface area contributed by atoms with Gasteiger partial charge in [-0.25, -0.2) is 4.79 Å². The Balaban J connectivity index is 2.94. The molecular formula is C28H48N10O5. The van der Waals surface area contributed by atoms with Crippen LogP contribution in [0.5, 0.6) is 0 Å². The van der Waals surface area contributed by atoms with E-state index in [2.05, 4.69) is 25.9 Å². The molecule has 0 radical (unpaired) electrons. The molecule has 0 aliphatic heterocycles. The zero-order valence-corrected chi connectivity index (χ0v) is 25.0. The van der Waals surface area contributed by atoms with Crippen molar-refractivity contribution in [3.05, 3.63) is 35.9 Å². The van der Waals surface area contributed by atoms with Crippen LogP contribution in [0.1, 0.15) is 57.9 Å². The Kier molecular flexibility index (Phi) is 16.8. The molecular weight excluding hydrogens is 556 g/mol. The molecule has 0 saturated carbocycles. The number of carboxylic acids is 1. The van der Waals surface area contributed by atoms with E-state index >= 15 is 0 Å². The third kappa shape index (κ3) is 16.6. The van der Waals surface area contributed by atoms with Gasteiger partial charge in [-0.05, 0) is 43.6 Å². The molecule has 0 unspecified atom stereocenters. The second-order valence-corrected chi connectivity index (χ2v) is 10.8. The number of nitrogens with zero attached hydrogens (tertiary/aromatic N) is 2. The van der Waals surface area contributed by atoms with Crippen LogP contribution in [-0.2, 0) is 25.6 Å². The summed E-state index contributed by atoms with van der Waals surface area (Å²) in [6.45, 7) is 4.41. The van der Waals surface area contributed by atoms with Gasteiger partial charge in [0.25, 0.3) is 0 Å². The molecule has 43 heavy (non-hydrogen) atoms. The first-order valence-electron chi connectivity index (χ1n) is 14.3. The zero-order chi connectivity index (χ0) is 32.4. The number of nitrogens with one attached hydrogen (secondary N) is 3. The molecule has 3 amide bonds. The molecule has 0 fully saturated rings. The summed E-state index contributed by atoms with van der Waals surface area (Å²) in [6.07, 6.45) is 1.73. The van der Waals surface area contributed by atoms with Crippen molar-refractivity contribution in [2.75, 3.05) is 13.1 Å². The van der Waals surface area contributed by atoms with Crippen molar-refractivity contribution in [1.29, 1.82) is 0 Å². The SMILES string of the molecule is CC(C)C[C@@H](CC(=O)N[C@@H](Cc1ccccc1)C(=O)O)NC(=O)[C@H](CCCN=C(N)N)NC(=O)[C@@H](N)CCCN=C(N)N. The number of aliphatic carboxylic acids is 1. The fraction of sp³-hybridized carbons (Fsp3) is 0.571. The van der Waals surface area contributed by atoms with Gasteiger partial charge in [0, 0.05) is 32.0 Å². The second-order valence-electron chi connectivity index (χ2n) is 10.8. The van der Waals surface area contributed by atoms with Crippen LogP contribution in [0.15, 0.2) is 40.3 Å². The van der Waals surface area contributed by atoms with Gasteiger partial charge in [0.1, 0.15) is 12.1 Å². The summed E-state index contributed by atoms with van der Waals surface area (Å²) in [5.74, 6) is -2.78. The predicted octanol–water partition coefficient (Wildman–Crippen LogP) is -1.36. The van der Waals surface area contributed by atoms with E-state index < -0.39 is 47.9 Å². The molecule has 0 spiro atoms. The average molecular weight is 605 g/mol. The van der Waals surface area contributed by atoms with E-state index in [-0.39, 0.29) is 50.1 Å². The highest BCUT2D eigenvalue weighted by molar-refractivity contribution is 5.90. The van der Waals surface area contributed by atoms with Gasteiger partial charge in [-0.1, -0.05) is 44.2 Å². The minimum Gasteiger partial charge on any atom is -0.480 e. The van der Waals surface area contributed by atoms with Crippen LogP contribution in [-0.4, -0.2) is 78.0 Å². The first-order valence-corrected chi connectivity index (χ1v) is 14.3. The summed E-state index contributed by atoms with van der Waals surface area (Å²) >= 11 is 0. The molecule has 0 aliphatic carbocycles. The Bertz CT molecular complexity index is 1090. The normalized spacial score (nSPS) is 13.6. The Morgan fingerprint density at radius 3 is 1.93 bits per heavy atom. The third-order valence-corrected chi connectivity index (χ3v) is 6.33. The number of nitrogens with two attached hydrogens (primary N) is 5. The van der Waals surface area contributed by atoms with Crippen LogP contribution in [0.3, 0.4) is 0 Å². The summed E-state index contributed by atoms with van der Waals surface area (Å²) in [5, 5.41) is 17.8. The molecule has 14 N–H and O–H groups in total. The van der Waals surface area contributed by atoms with Gasteiger partial charge >= 0.3 is 5.97 Å². The van der Waals surface area contributed by atoms with Crippen molar-refractivity contribution in [3.8, 4) is 0 Å². The molecule has 1 rings (SSSR count). The van der Waals surface area contributed by atoms with E-state index in [0.717, 1.165) is 5.56 Å². The molecule has 0 aromatic heterocycles. The van der Waals surface area contributed by atoms with E-state index in [1.807, 2.05) is 19.9 Å². The lowest BCUT2D eigenvalue weighted by Crippen LogP contribution is -2.54. The maximum atomic E-state index is 13.4. The first kappa shape index (κ1) is 36.6. The van der Waals surface area contributed by atoms with Crippen LogP contribution in [0.2, 0.25) is 0 Å². The Hall–Kier alpha value is -4.40. The third-order valence-electron chi connectivity index (χ3n) is 6.33. The monoisotopic (exact) mass is 604 g/mol. The topological polar surface area (TPSA) is 279 Å². The van der Waals surface area contributed by atoms with Crippen molar-refractivity contribution in [1.82, 2.24) is 16.0 Å². The van der Waals surface area contributed by atoms with Gasteiger partial charge < -0.3 is 49.7 Å². The van der Waals surface area contributed by atoms with Gasteiger partial charge in [-0.2, -0.15) is 0 Å². The van der Waals surface area contributed by atoms with Crippen molar-refractivity contribution >= 4 is 35.6 Å². The average Bonchev–Trinajstić information content (AvgIpc) is 2.91. The summed E-state index contributed by atoms with van der Waals surface area (Å²) in [5.41, 5.74) is 28.2. The van der Waals surface area contributed by atoms with Gasteiger partial charge in [0.05, 0.1) is 6.04 Å². The van der Waals surface area contributed by atoms with Gasteiger partial charge in [0.2, 0.25) is 17.7 Å². The summed E-state index contributed by atoms with van der Waals surface area (Å²) in [4.78, 5) is 58.7. The lowest BCUT2D eigenvalue weighted by Gasteiger charge is -2.26. The van der Waals surface area contributed by atoms with E-state index in [4.69, 9.17) is 28.7 Å². The zero-order valence-electron chi connectivity index (χ0n) is 25.0. The number of hydrogen-bond donors (Lipinski definition) is 9. The van der Waals surface area contributed by atoms with Crippen LogP contribution < -0.4 is 44.6 Å². The van der Waals surface area contributed by atoms with E-state index in [1.54, 1.807) is 24.3 Å². The smallest absolute Gasteiger partial charge is 0.326 e. The van der Waals surface area contributed by atoms with E-state index in [1.165, 1.54) is 0 Å². The van der Waals surface area contributed by atoms with Crippen LogP contribution in [0.4, 0.5) is 0 Å². The summed E-state index contributed by atoms with van der Waals surface area (Å²) in [6, 6.07) is 5.31. The molecule has 15 heteroatoms. The Morgan fingerprint density at radius 1 is 0.814 bits per heavy atom. The molecule has 0 aliphatic rings. The summed E-state index contributed by atoms with van der Waals surface area (Å²) in [7, 11) is 0. The number of benzene rings is 1. The number of guanidine groups is 2. The minimum absolute atomic E-state index is 0.0603. The molecule has 0 bridgehead atoms. The number of carbonyl (C=O) groups is 4. The summed E-state index contributed by atoms with van der Waals surface area (Å²) < 4.78 is 0. The largest absolute Gasteiger partial charge is 0.480 e. The van der Waals surface area contributed by atoms with Crippen LogP contribution in [0, 0.1) is 5.92 Å². The molecule has 0 heterocycles. The minimum atomic E-state index is -1.17. The van der Waals surface area contributed by atoms with Crippen LogP contribution in [0.25, 0.3) is 0 Å². The highest BCUT2D eigenvalue weighted by Gasteiger charge is 2.28. The number of rotatable bonds is 20. The van der Waals surface area contributed by atoms with Crippen molar-refractivity contribution in [3.63, 3.8) is 0 Å². The second kappa shape index (κ2) is 19.7. The number of carboxylic acid groups (broad SMARTS) is 1. The fourth-order valence-corrected chi connectivity index (χ4v) is 4.29. The number of amides is 3. The molecule has 240 valence electrons. The lowest BCUT2D eigenvalue weighted by atomic mass is 9.99. The molecule has 1 aromatic rings. The molecule has 4 atom stereocenters. The Morgan fingerprint density at radius 2 is 1.40 bits per heavy atom. The first-order chi connectivity index (χ1) is 20.3. The van der Waals surface area contributed by atoms with Crippen molar-refractivity contribution in [2.45, 2.75) is 83.0 Å². The lowest BCUT2D eigenvalue weighted by molar-refractivity contribution is -0.142. The molecule has 1 aromatic carbocycles. The number of carbonyl (C=O) groups excluding carboxylic acids is 3. The maximum absolute atomic E-state index is 13.4. The quantitative estimate of drug-likeness (QED) is 0.0478. The predicted molar refractivity (Wildman–Crippen MR) is 165 cm³/mol. The molecule has 0 saturated heterocycles. The van der Waals surface area contributed by atoms with Crippen LogP contribution >= 0.6 is 0 Å². The van der Waals surface area contributed by atoms with E-state index in [0.29, 0.717) is 25.8 Å². The van der Waals surface area contributed by atoms with Gasteiger partial charge in [-0.3, -0.25) is 24.4 Å². The standard InChI is InChI=1S/C28H48N10O5/c1-17(2)14-19(16-23(39)37-22(26(42)43)15-18-8-4-3-5-9-18)36-25(41)21(11-7-13-35-28(32)33)38-24(40)20(29)10-6-12-34-27(30)31/h3-5,8-9,17,19-22H,6-7,10-16,29H2,1-2H3,(H,36,41)(H,37,39)(H,38,40)(H,42,43)(H4,30,31,34)(H4,32,33,35)/t19-,20-,21-,22-/m0/s1. The van der Waals surface area contributed by atoms with E-state index in [9.17, 15) is 24.3 Å². The highest BCUT2D eigenvalue weighted by atomic mass is 16.4. The Labute approximate surface area is 252 Å². The van der Waals surface area contributed by atoms with Crippen molar-refractivity contribution in [2.24, 2.45) is 44.6 Å². The maximum Gasteiger partial charge on any atom is 0.326 e. The van der Waals surface area contributed by atoms with Gasteiger partial charge in [0.15, 0.2) is 11.9 Å². The number of hydrogen-bond acceptors (Lipinski definition) is 7.